The number of hydrogen-bond acceptors (Lipinski definition) is 4. The smallest absolute Gasteiger partial charge is 0.256 e. The number of nitrogens with one attached hydrogen (secondary N) is 1. The molecule has 2 heterocycles. The first kappa shape index (κ1) is 14.0. The molecule has 6 heteroatoms. The van der Waals surface area contributed by atoms with Crippen LogP contribution in [0.25, 0.3) is 0 Å². The molecule has 2 N–H and O–H groups in total. The van der Waals surface area contributed by atoms with E-state index < -0.39 is 0 Å². The van der Waals surface area contributed by atoms with Crippen molar-refractivity contribution in [2.75, 3.05) is 39.8 Å². The van der Waals surface area contributed by atoms with Crippen molar-refractivity contribution in [2.45, 2.75) is 12.8 Å². The van der Waals surface area contributed by atoms with Gasteiger partial charge < -0.3 is 14.9 Å². The van der Waals surface area contributed by atoms with Gasteiger partial charge in [0, 0.05) is 32.9 Å². The van der Waals surface area contributed by atoms with Gasteiger partial charge in [-0.2, -0.15) is 5.10 Å². The zero-order chi connectivity index (χ0) is 13.7. The van der Waals surface area contributed by atoms with Crippen LogP contribution < -0.4 is 0 Å². The van der Waals surface area contributed by atoms with E-state index in [-0.39, 0.29) is 12.5 Å². The van der Waals surface area contributed by atoms with Crippen molar-refractivity contribution >= 4 is 5.91 Å². The number of H-pyrrole nitrogens is 1. The fraction of sp³-hybridized carbons (Fsp3) is 0.692. The Morgan fingerprint density at radius 1 is 1.68 bits per heavy atom. The van der Waals surface area contributed by atoms with E-state index in [1.54, 1.807) is 17.3 Å². The number of hydrogen-bond donors (Lipinski definition) is 2. The second-order valence-corrected chi connectivity index (χ2v) is 5.21. The van der Waals surface area contributed by atoms with Crippen molar-refractivity contribution in [2.24, 2.45) is 5.92 Å². The second kappa shape index (κ2) is 6.68. The zero-order valence-corrected chi connectivity index (χ0v) is 11.4. The van der Waals surface area contributed by atoms with Gasteiger partial charge in [-0.15, -0.1) is 0 Å². The minimum absolute atomic E-state index is 0.00744. The minimum atomic E-state index is 0.00744. The highest BCUT2D eigenvalue weighted by Gasteiger charge is 2.23. The average molecular weight is 266 g/mol. The molecule has 1 aliphatic heterocycles. The third-order valence-corrected chi connectivity index (χ3v) is 3.64. The van der Waals surface area contributed by atoms with E-state index in [2.05, 4.69) is 15.1 Å². The van der Waals surface area contributed by atoms with Gasteiger partial charge in [0.1, 0.15) is 0 Å². The van der Waals surface area contributed by atoms with Crippen LogP contribution in [-0.2, 0) is 0 Å². The number of carbonyl (C=O) groups excluding carboxylic acids is 1. The van der Waals surface area contributed by atoms with Crippen LogP contribution in [0, 0.1) is 5.92 Å². The summed E-state index contributed by atoms with van der Waals surface area (Å²) in [5, 5.41) is 15.4. The van der Waals surface area contributed by atoms with Gasteiger partial charge >= 0.3 is 0 Å². The van der Waals surface area contributed by atoms with Crippen molar-refractivity contribution in [1.82, 2.24) is 20.0 Å². The van der Waals surface area contributed by atoms with Gasteiger partial charge in [-0.3, -0.25) is 9.89 Å². The lowest BCUT2D eigenvalue weighted by Gasteiger charge is -2.34. The van der Waals surface area contributed by atoms with Crippen molar-refractivity contribution in [3.05, 3.63) is 18.0 Å². The first-order chi connectivity index (χ1) is 9.20. The number of β-amino-alcohol motifs (C(OH)–C–C–N with tert-alkyl or cyclic N) is 1. The van der Waals surface area contributed by atoms with Gasteiger partial charge in [0.05, 0.1) is 18.4 Å². The molecule has 0 radical (unpaired) electrons. The largest absolute Gasteiger partial charge is 0.395 e. The highest BCUT2D eigenvalue weighted by Crippen LogP contribution is 2.17. The Morgan fingerprint density at radius 2 is 2.53 bits per heavy atom. The quantitative estimate of drug-likeness (QED) is 0.798. The van der Waals surface area contributed by atoms with E-state index in [1.807, 2.05) is 7.05 Å². The third kappa shape index (κ3) is 3.78. The molecule has 0 spiro atoms. The number of aromatic amines is 1. The predicted octanol–water partition coefficient (Wildman–Crippen LogP) is 0.186. The van der Waals surface area contributed by atoms with E-state index in [9.17, 15) is 4.79 Å². The van der Waals surface area contributed by atoms with Crippen molar-refractivity contribution < 1.29 is 9.90 Å². The Kier molecular flexibility index (Phi) is 4.93. The van der Waals surface area contributed by atoms with E-state index in [1.165, 1.54) is 0 Å². The minimum Gasteiger partial charge on any atom is -0.395 e. The Hall–Kier alpha value is -1.40. The van der Waals surface area contributed by atoms with Crippen LogP contribution in [0.15, 0.2) is 12.4 Å². The molecule has 1 fully saturated rings. The Balaban J connectivity index is 1.84. The highest BCUT2D eigenvalue weighted by molar-refractivity contribution is 5.93. The number of aromatic nitrogens is 2. The molecule has 106 valence electrons. The average Bonchev–Trinajstić information content (AvgIpc) is 2.92. The van der Waals surface area contributed by atoms with Crippen molar-refractivity contribution in [3.63, 3.8) is 0 Å². The van der Waals surface area contributed by atoms with Gasteiger partial charge in [0.2, 0.25) is 0 Å². The van der Waals surface area contributed by atoms with Gasteiger partial charge in [-0.25, -0.2) is 0 Å². The van der Waals surface area contributed by atoms with Crippen LogP contribution in [0.3, 0.4) is 0 Å². The lowest BCUT2D eigenvalue weighted by Crippen LogP contribution is -2.42. The number of aliphatic hydroxyl groups is 1. The lowest BCUT2D eigenvalue weighted by atomic mass is 9.97. The Bertz CT molecular complexity index is 391. The van der Waals surface area contributed by atoms with Gasteiger partial charge in [0.15, 0.2) is 0 Å². The molecule has 2 rings (SSSR count). The summed E-state index contributed by atoms with van der Waals surface area (Å²) in [5.41, 5.74) is 0.602. The molecule has 1 atom stereocenters. The standard InChI is InChI=1S/C13H22N4O2/c1-16(13(19)12-7-14-15-8-12)9-11-3-2-4-17(10-11)5-6-18/h7-8,11,18H,2-6,9-10H2,1H3,(H,14,15). The Labute approximate surface area is 113 Å². The summed E-state index contributed by atoms with van der Waals surface area (Å²) in [6.07, 6.45) is 5.46. The molecule has 0 bridgehead atoms. The van der Waals surface area contributed by atoms with E-state index in [0.29, 0.717) is 11.5 Å². The molecule has 0 aliphatic carbocycles. The summed E-state index contributed by atoms with van der Waals surface area (Å²) >= 11 is 0. The summed E-state index contributed by atoms with van der Waals surface area (Å²) in [6.45, 7) is 3.71. The molecule has 1 amide bonds. The summed E-state index contributed by atoms with van der Waals surface area (Å²) in [4.78, 5) is 16.1. The number of aliphatic hydroxyl groups excluding tert-OH is 1. The molecule has 1 aromatic heterocycles. The molecule has 6 nitrogen and oxygen atoms in total. The van der Waals surface area contributed by atoms with E-state index >= 15 is 0 Å². The molecule has 1 aromatic rings. The van der Waals surface area contributed by atoms with Crippen LogP contribution in [0.5, 0.6) is 0 Å². The Morgan fingerprint density at radius 3 is 3.21 bits per heavy atom. The molecule has 0 aromatic carbocycles. The lowest BCUT2D eigenvalue weighted by molar-refractivity contribution is 0.0716. The number of piperidine rings is 1. The maximum absolute atomic E-state index is 12.1. The molecule has 19 heavy (non-hydrogen) atoms. The van der Waals surface area contributed by atoms with Crippen LogP contribution in [0.4, 0.5) is 0 Å². The molecule has 1 saturated heterocycles. The van der Waals surface area contributed by atoms with E-state index in [4.69, 9.17) is 5.11 Å². The fourth-order valence-corrected chi connectivity index (χ4v) is 2.70. The first-order valence-electron chi connectivity index (χ1n) is 6.78. The topological polar surface area (TPSA) is 72.5 Å². The number of likely N-dealkylation sites (tertiary alicyclic amines) is 1. The number of carbonyl (C=O) groups is 1. The molecule has 0 saturated carbocycles. The molecule has 1 aliphatic rings. The zero-order valence-electron chi connectivity index (χ0n) is 11.4. The summed E-state index contributed by atoms with van der Waals surface area (Å²) in [5.74, 6) is 0.495. The highest BCUT2D eigenvalue weighted by atomic mass is 16.3. The summed E-state index contributed by atoms with van der Waals surface area (Å²) in [6, 6.07) is 0. The fourth-order valence-electron chi connectivity index (χ4n) is 2.70. The van der Waals surface area contributed by atoms with Crippen LogP contribution in [-0.4, -0.2) is 70.8 Å². The maximum atomic E-state index is 12.1. The predicted molar refractivity (Wildman–Crippen MR) is 71.8 cm³/mol. The molecular weight excluding hydrogens is 244 g/mol. The number of amides is 1. The van der Waals surface area contributed by atoms with Crippen molar-refractivity contribution in [3.8, 4) is 0 Å². The first-order valence-corrected chi connectivity index (χ1v) is 6.78. The monoisotopic (exact) mass is 266 g/mol. The van der Waals surface area contributed by atoms with Crippen molar-refractivity contribution in [1.29, 1.82) is 0 Å². The van der Waals surface area contributed by atoms with Gasteiger partial charge in [-0.1, -0.05) is 0 Å². The third-order valence-electron chi connectivity index (χ3n) is 3.64. The summed E-state index contributed by atoms with van der Waals surface area (Å²) < 4.78 is 0. The number of rotatable bonds is 5. The molecular formula is C13H22N4O2. The maximum Gasteiger partial charge on any atom is 0.256 e. The normalized spacial score (nSPS) is 20.4. The van der Waals surface area contributed by atoms with Gasteiger partial charge in [0.25, 0.3) is 5.91 Å². The van der Waals surface area contributed by atoms with Gasteiger partial charge in [-0.05, 0) is 25.3 Å². The second-order valence-electron chi connectivity index (χ2n) is 5.21. The molecule has 1 unspecified atom stereocenters. The van der Waals surface area contributed by atoms with Crippen LogP contribution in [0.2, 0.25) is 0 Å². The van der Waals surface area contributed by atoms with Crippen LogP contribution in [0.1, 0.15) is 23.2 Å². The van der Waals surface area contributed by atoms with Crippen LogP contribution >= 0.6 is 0 Å². The number of nitrogens with zero attached hydrogens (tertiary/aromatic N) is 3. The SMILES string of the molecule is CN(CC1CCCN(CCO)C1)C(=O)c1cn[nH]c1. The van der Waals surface area contributed by atoms with E-state index in [0.717, 1.165) is 39.0 Å². The summed E-state index contributed by atoms with van der Waals surface area (Å²) in [7, 11) is 1.83.